The van der Waals surface area contributed by atoms with Gasteiger partial charge in [0.2, 0.25) is 0 Å². The largest absolute Gasteiger partial charge is 0.336 e. The minimum absolute atomic E-state index is 0. The Hall–Kier alpha value is -1.83. The van der Waals surface area contributed by atoms with Gasteiger partial charge in [0.05, 0.1) is 10.5 Å². The van der Waals surface area contributed by atoms with Gasteiger partial charge >= 0.3 is 0 Å². The standard InChI is InChI=1S/C17H21N3O3S.ClH/c1-13-3-5-16(6-4-13)24(22,23)20-9-7-15(12-20)17(21)19-10-8-18-14(2)11-19;/h3-7,9,12,14,18H,8,10-11H2,1-2H3;1H. The zero-order valence-corrected chi connectivity index (χ0v) is 15.8. The highest BCUT2D eigenvalue weighted by Crippen LogP contribution is 2.17. The van der Waals surface area contributed by atoms with Crippen LogP contribution in [-0.2, 0) is 10.0 Å². The third kappa shape index (κ3) is 4.05. The summed E-state index contributed by atoms with van der Waals surface area (Å²) in [4.78, 5) is 14.5. The normalized spacial score (nSPS) is 17.8. The molecule has 1 amide bonds. The molecule has 136 valence electrons. The zero-order chi connectivity index (χ0) is 17.3. The first kappa shape index (κ1) is 19.5. The van der Waals surface area contributed by atoms with Crippen molar-refractivity contribution in [3.8, 4) is 0 Å². The molecule has 8 heteroatoms. The molecule has 2 aromatic rings. The van der Waals surface area contributed by atoms with Crippen molar-refractivity contribution in [1.29, 1.82) is 0 Å². The van der Waals surface area contributed by atoms with Crippen molar-refractivity contribution < 1.29 is 13.2 Å². The van der Waals surface area contributed by atoms with Crippen molar-refractivity contribution >= 4 is 28.3 Å². The quantitative estimate of drug-likeness (QED) is 0.878. The second-order valence-corrected chi connectivity index (χ2v) is 8.00. The summed E-state index contributed by atoms with van der Waals surface area (Å²) >= 11 is 0. The van der Waals surface area contributed by atoms with Crippen LogP contribution < -0.4 is 5.32 Å². The summed E-state index contributed by atoms with van der Waals surface area (Å²) < 4.78 is 26.4. The number of benzene rings is 1. The molecule has 0 bridgehead atoms. The van der Waals surface area contributed by atoms with Crippen LogP contribution in [-0.4, -0.2) is 48.9 Å². The van der Waals surface area contributed by atoms with E-state index in [1.54, 1.807) is 35.2 Å². The number of carbonyl (C=O) groups is 1. The third-order valence-electron chi connectivity index (χ3n) is 4.17. The number of hydrogen-bond donors (Lipinski definition) is 1. The molecule has 1 saturated heterocycles. The van der Waals surface area contributed by atoms with Crippen molar-refractivity contribution in [1.82, 2.24) is 14.2 Å². The molecule has 0 radical (unpaired) electrons. The summed E-state index contributed by atoms with van der Waals surface area (Å²) in [5, 5.41) is 3.28. The molecule has 1 atom stereocenters. The number of rotatable bonds is 3. The lowest BCUT2D eigenvalue weighted by Crippen LogP contribution is -2.51. The molecule has 0 saturated carbocycles. The number of hydrogen-bond acceptors (Lipinski definition) is 4. The highest BCUT2D eigenvalue weighted by atomic mass is 35.5. The van der Waals surface area contributed by atoms with Crippen molar-refractivity contribution in [3.63, 3.8) is 0 Å². The molecule has 1 unspecified atom stereocenters. The van der Waals surface area contributed by atoms with Gasteiger partial charge in [-0.2, -0.15) is 0 Å². The van der Waals surface area contributed by atoms with E-state index < -0.39 is 10.0 Å². The second-order valence-electron chi connectivity index (χ2n) is 6.15. The van der Waals surface area contributed by atoms with E-state index in [0.29, 0.717) is 18.7 Å². The molecule has 1 N–H and O–H groups in total. The molecule has 0 aliphatic carbocycles. The molecule has 1 aliphatic heterocycles. The van der Waals surface area contributed by atoms with Gasteiger partial charge in [0, 0.05) is 38.1 Å². The molecule has 1 aromatic heterocycles. The van der Waals surface area contributed by atoms with Gasteiger partial charge < -0.3 is 10.2 Å². The summed E-state index contributed by atoms with van der Waals surface area (Å²) in [6.07, 6.45) is 2.82. The van der Waals surface area contributed by atoms with Crippen molar-refractivity contribution in [2.45, 2.75) is 24.8 Å². The topological polar surface area (TPSA) is 71.4 Å². The summed E-state index contributed by atoms with van der Waals surface area (Å²) in [6.45, 7) is 5.91. The lowest BCUT2D eigenvalue weighted by molar-refractivity contribution is 0.0709. The first-order chi connectivity index (χ1) is 11.4. The van der Waals surface area contributed by atoms with E-state index in [9.17, 15) is 13.2 Å². The van der Waals surface area contributed by atoms with Crippen LogP contribution in [0.15, 0.2) is 47.6 Å². The van der Waals surface area contributed by atoms with Crippen LogP contribution in [0.3, 0.4) is 0 Å². The predicted molar refractivity (Wildman–Crippen MR) is 98.8 cm³/mol. The van der Waals surface area contributed by atoms with Crippen LogP contribution in [0.4, 0.5) is 0 Å². The summed E-state index contributed by atoms with van der Waals surface area (Å²) in [6, 6.07) is 8.45. The second kappa shape index (κ2) is 7.59. The molecule has 25 heavy (non-hydrogen) atoms. The molecular weight excluding hydrogens is 362 g/mol. The van der Waals surface area contributed by atoms with Crippen LogP contribution in [0.5, 0.6) is 0 Å². The van der Waals surface area contributed by atoms with Crippen molar-refractivity contribution in [2.24, 2.45) is 0 Å². The van der Waals surface area contributed by atoms with Crippen LogP contribution in [0, 0.1) is 6.92 Å². The number of amides is 1. The van der Waals surface area contributed by atoms with Gasteiger partial charge in [-0.25, -0.2) is 12.4 Å². The maximum absolute atomic E-state index is 12.6. The lowest BCUT2D eigenvalue weighted by atomic mass is 10.2. The van der Waals surface area contributed by atoms with Gasteiger partial charge in [-0.3, -0.25) is 4.79 Å². The fourth-order valence-corrected chi connectivity index (χ4v) is 3.98. The Morgan fingerprint density at radius 3 is 2.52 bits per heavy atom. The maximum atomic E-state index is 12.6. The number of nitrogens with zero attached hydrogens (tertiary/aromatic N) is 2. The lowest BCUT2D eigenvalue weighted by Gasteiger charge is -2.31. The number of aromatic nitrogens is 1. The van der Waals surface area contributed by atoms with E-state index in [1.807, 2.05) is 13.8 Å². The summed E-state index contributed by atoms with van der Waals surface area (Å²) in [5.74, 6) is -0.138. The zero-order valence-electron chi connectivity index (χ0n) is 14.2. The van der Waals surface area contributed by atoms with Crippen LogP contribution in [0.25, 0.3) is 0 Å². The SMILES string of the molecule is Cc1ccc(S(=O)(=O)n2ccc(C(=O)N3CCNC(C)C3)c2)cc1.Cl. The summed E-state index contributed by atoms with van der Waals surface area (Å²) in [7, 11) is -3.68. The summed E-state index contributed by atoms with van der Waals surface area (Å²) in [5.41, 5.74) is 1.38. The molecule has 6 nitrogen and oxygen atoms in total. The van der Waals surface area contributed by atoms with E-state index in [-0.39, 0.29) is 29.3 Å². The smallest absolute Gasteiger partial charge is 0.267 e. The molecule has 1 aliphatic rings. The number of nitrogens with one attached hydrogen (secondary N) is 1. The molecule has 0 spiro atoms. The van der Waals surface area contributed by atoms with E-state index in [4.69, 9.17) is 0 Å². The predicted octanol–water partition coefficient (Wildman–Crippen LogP) is 1.89. The maximum Gasteiger partial charge on any atom is 0.267 e. The Bertz CT molecular complexity index is 846. The molecule has 1 aromatic carbocycles. The number of piperazine rings is 1. The van der Waals surface area contributed by atoms with E-state index in [1.165, 1.54) is 12.4 Å². The molecule has 3 rings (SSSR count). The molecular formula is C17H22ClN3O3S. The average molecular weight is 384 g/mol. The van der Waals surface area contributed by atoms with Crippen LogP contribution >= 0.6 is 12.4 Å². The van der Waals surface area contributed by atoms with Gasteiger partial charge in [-0.15, -0.1) is 12.4 Å². The average Bonchev–Trinajstić information content (AvgIpc) is 3.05. The van der Waals surface area contributed by atoms with Gasteiger partial charge in [0.15, 0.2) is 0 Å². The van der Waals surface area contributed by atoms with E-state index in [2.05, 4.69) is 5.32 Å². The molecule has 2 heterocycles. The highest BCUT2D eigenvalue weighted by Gasteiger charge is 2.24. The number of aryl methyl sites for hydroxylation is 1. The van der Waals surface area contributed by atoms with Crippen molar-refractivity contribution in [2.75, 3.05) is 19.6 Å². The van der Waals surface area contributed by atoms with Crippen molar-refractivity contribution in [3.05, 3.63) is 53.9 Å². The highest BCUT2D eigenvalue weighted by molar-refractivity contribution is 7.90. The third-order valence-corrected chi connectivity index (χ3v) is 5.82. The number of carbonyl (C=O) groups excluding carboxylic acids is 1. The fourth-order valence-electron chi connectivity index (χ4n) is 2.78. The van der Waals surface area contributed by atoms with Gasteiger partial charge in [0.25, 0.3) is 15.9 Å². The minimum Gasteiger partial charge on any atom is -0.336 e. The Kier molecular flexibility index (Phi) is 5.92. The Balaban J connectivity index is 0.00000225. The first-order valence-corrected chi connectivity index (χ1v) is 9.35. The first-order valence-electron chi connectivity index (χ1n) is 7.91. The Labute approximate surface area is 154 Å². The fraction of sp³-hybridized carbons (Fsp3) is 0.353. The number of halogens is 1. The van der Waals surface area contributed by atoms with Crippen LogP contribution in [0.1, 0.15) is 22.8 Å². The Morgan fingerprint density at radius 1 is 1.20 bits per heavy atom. The minimum atomic E-state index is -3.68. The molecule has 1 fully saturated rings. The van der Waals surface area contributed by atoms with E-state index >= 15 is 0 Å². The van der Waals surface area contributed by atoms with Gasteiger partial charge in [-0.05, 0) is 32.0 Å². The Morgan fingerprint density at radius 2 is 1.88 bits per heavy atom. The van der Waals surface area contributed by atoms with Gasteiger partial charge in [0.1, 0.15) is 0 Å². The van der Waals surface area contributed by atoms with Crippen LogP contribution in [0.2, 0.25) is 0 Å². The van der Waals surface area contributed by atoms with E-state index in [0.717, 1.165) is 16.1 Å². The van der Waals surface area contributed by atoms with Gasteiger partial charge in [-0.1, -0.05) is 17.7 Å². The monoisotopic (exact) mass is 383 g/mol.